The van der Waals surface area contributed by atoms with Crippen LogP contribution in [0.5, 0.6) is 0 Å². The van der Waals surface area contributed by atoms with Crippen molar-refractivity contribution in [2.45, 2.75) is 44.9 Å². The van der Waals surface area contributed by atoms with Crippen molar-refractivity contribution in [3.05, 3.63) is 0 Å². The van der Waals surface area contributed by atoms with Gasteiger partial charge in [-0.3, -0.25) is 0 Å². The van der Waals surface area contributed by atoms with E-state index < -0.39 is 10.0 Å². The molecule has 0 amide bonds. The second-order valence-corrected chi connectivity index (χ2v) is 6.88. The fourth-order valence-electron chi connectivity index (χ4n) is 1.70. The lowest BCUT2D eigenvalue weighted by Crippen LogP contribution is -2.42. The van der Waals surface area contributed by atoms with Crippen molar-refractivity contribution in [2.75, 3.05) is 19.6 Å². The molecule has 0 aromatic rings. The molecule has 15 heavy (non-hydrogen) atoms. The molecule has 1 fully saturated rings. The van der Waals surface area contributed by atoms with Crippen LogP contribution in [0.3, 0.4) is 0 Å². The highest BCUT2D eigenvalue weighted by Crippen LogP contribution is 2.16. The molecule has 0 aliphatic carbocycles. The van der Waals surface area contributed by atoms with Crippen molar-refractivity contribution < 1.29 is 8.42 Å². The molecule has 1 unspecified atom stereocenters. The Morgan fingerprint density at radius 2 is 1.73 bits per heavy atom. The third-order valence-corrected chi connectivity index (χ3v) is 5.02. The highest BCUT2D eigenvalue weighted by molar-refractivity contribution is 7.89. The van der Waals surface area contributed by atoms with Gasteiger partial charge in [0.15, 0.2) is 0 Å². The van der Waals surface area contributed by atoms with Crippen LogP contribution in [-0.2, 0) is 10.0 Å². The van der Waals surface area contributed by atoms with Crippen LogP contribution in [0.25, 0.3) is 0 Å². The van der Waals surface area contributed by atoms with Crippen molar-refractivity contribution in [2.24, 2.45) is 0 Å². The first kappa shape index (κ1) is 12.9. The van der Waals surface area contributed by atoms with Gasteiger partial charge in [0.25, 0.3) is 0 Å². The molecular weight excluding hydrogens is 212 g/mol. The molecule has 0 bridgehead atoms. The Morgan fingerprint density at radius 1 is 1.20 bits per heavy atom. The van der Waals surface area contributed by atoms with Gasteiger partial charge in [-0.2, -0.15) is 0 Å². The number of rotatable bonds is 5. The minimum absolute atomic E-state index is 0.321. The van der Waals surface area contributed by atoms with E-state index in [0.717, 1.165) is 12.8 Å². The molecule has 0 aromatic heterocycles. The summed E-state index contributed by atoms with van der Waals surface area (Å²) in [6, 6.07) is 0.334. The van der Waals surface area contributed by atoms with Crippen molar-refractivity contribution in [1.29, 1.82) is 0 Å². The molecule has 0 spiro atoms. The summed E-state index contributed by atoms with van der Waals surface area (Å²) in [4.78, 5) is 0. The standard InChI is InChI=1S/C10H22N2O2S/c1-9(2)11-8-10(3)15(13,14)12-6-4-5-7-12/h9-11H,4-8H2,1-3H3. The summed E-state index contributed by atoms with van der Waals surface area (Å²) in [6.45, 7) is 7.77. The lowest BCUT2D eigenvalue weighted by atomic mass is 10.3. The first-order valence-electron chi connectivity index (χ1n) is 5.67. The second kappa shape index (κ2) is 5.27. The van der Waals surface area contributed by atoms with E-state index >= 15 is 0 Å². The topological polar surface area (TPSA) is 49.4 Å². The van der Waals surface area contributed by atoms with E-state index in [9.17, 15) is 8.42 Å². The van der Waals surface area contributed by atoms with Crippen molar-refractivity contribution in [3.63, 3.8) is 0 Å². The molecule has 1 atom stereocenters. The van der Waals surface area contributed by atoms with Gasteiger partial charge in [-0.15, -0.1) is 0 Å². The molecule has 1 N–H and O–H groups in total. The Labute approximate surface area is 93.1 Å². The predicted molar refractivity (Wildman–Crippen MR) is 62.3 cm³/mol. The van der Waals surface area contributed by atoms with Gasteiger partial charge in [0.05, 0.1) is 5.25 Å². The van der Waals surface area contributed by atoms with Gasteiger partial charge in [-0.05, 0) is 19.8 Å². The Morgan fingerprint density at radius 3 is 2.20 bits per heavy atom. The highest BCUT2D eigenvalue weighted by Gasteiger charge is 2.30. The van der Waals surface area contributed by atoms with E-state index in [1.54, 1.807) is 11.2 Å². The molecule has 1 heterocycles. The summed E-state index contributed by atoms with van der Waals surface area (Å²) >= 11 is 0. The molecule has 4 nitrogen and oxygen atoms in total. The summed E-state index contributed by atoms with van der Waals surface area (Å²) in [5, 5.41) is 2.85. The third kappa shape index (κ3) is 3.43. The van der Waals surface area contributed by atoms with Crippen LogP contribution in [-0.4, -0.2) is 43.6 Å². The highest BCUT2D eigenvalue weighted by atomic mass is 32.2. The Hall–Kier alpha value is -0.130. The van der Waals surface area contributed by atoms with Crippen LogP contribution in [0.1, 0.15) is 33.6 Å². The quantitative estimate of drug-likeness (QED) is 0.765. The van der Waals surface area contributed by atoms with Crippen molar-refractivity contribution >= 4 is 10.0 Å². The van der Waals surface area contributed by atoms with E-state index in [2.05, 4.69) is 5.32 Å². The smallest absolute Gasteiger partial charge is 0.217 e. The first-order valence-corrected chi connectivity index (χ1v) is 7.17. The fraction of sp³-hybridized carbons (Fsp3) is 1.00. The molecular formula is C10H22N2O2S. The molecule has 1 aliphatic heterocycles. The SMILES string of the molecule is CC(C)NCC(C)S(=O)(=O)N1CCCC1. The van der Waals surface area contributed by atoms with Gasteiger partial charge < -0.3 is 5.32 Å². The first-order chi connectivity index (χ1) is 6.94. The Balaban J connectivity index is 2.52. The summed E-state index contributed by atoms with van der Waals surface area (Å²) in [5.41, 5.74) is 0. The Bertz CT molecular complexity index is 282. The molecule has 5 heteroatoms. The molecule has 1 aliphatic rings. The number of sulfonamides is 1. The maximum absolute atomic E-state index is 12.0. The average Bonchev–Trinajstić information content (AvgIpc) is 2.66. The van der Waals surface area contributed by atoms with Gasteiger partial charge >= 0.3 is 0 Å². The predicted octanol–water partition coefficient (Wildman–Crippen LogP) is 0.798. The van der Waals surface area contributed by atoms with E-state index in [1.807, 2.05) is 13.8 Å². The van der Waals surface area contributed by atoms with Gasteiger partial charge in [-0.1, -0.05) is 13.8 Å². The summed E-state index contributed by atoms with van der Waals surface area (Å²) in [7, 11) is -3.06. The molecule has 1 rings (SSSR count). The largest absolute Gasteiger partial charge is 0.313 e. The van der Waals surface area contributed by atoms with Gasteiger partial charge in [0.1, 0.15) is 0 Å². The summed E-state index contributed by atoms with van der Waals surface area (Å²) in [5.74, 6) is 0. The van der Waals surface area contributed by atoms with Gasteiger partial charge in [0.2, 0.25) is 10.0 Å². The van der Waals surface area contributed by atoms with E-state index in [-0.39, 0.29) is 5.25 Å². The van der Waals surface area contributed by atoms with Crippen LogP contribution in [0.4, 0.5) is 0 Å². The van der Waals surface area contributed by atoms with Gasteiger partial charge in [-0.25, -0.2) is 12.7 Å². The zero-order valence-electron chi connectivity index (χ0n) is 9.86. The Kier molecular flexibility index (Phi) is 4.55. The maximum atomic E-state index is 12.0. The minimum atomic E-state index is -3.06. The molecule has 90 valence electrons. The van der Waals surface area contributed by atoms with E-state index in [0.29, 0.717) is 25.7 Å². The number of nitrogens with zero attached hydrogens (tertiary/aromatic N) is 1. The third-order valence-electron chi connectivity index (χ3n) is 2.75. The van der Waals surface area contributed by atoms with E-state index in [1.165, 1.54) is 0 Å². The number of hydrogen-bond acceptors (Lipinski definition) is 3. The number of nitrogens with one attached hydrogen (secondary N) is 1. The zero-order valence-corrected chi connectivity index (χ0v) is 10.7. The lowest BCUT2D eigenvalue weighted by Gasteiger charge is -2.22. The normalized spacial score (nSPS) is 21.1. The molecule has 0 radical (unpaired) electrons. The lowest BCUT2D eigenvalue weighted by molar-refractivity contribution is 0.460. The van der Waals surface area contributed by atoms with Crippen LogP contribution in [0, 0.1) is 0 Å². The minimum Gasteiger partial charge on any atom is -0.313 e. The molecule has 0 saturated carbocycles. The second-order valence-electron chi connectivity index (χ2n) is 4.52. The van der Waals surface area contributed by atoms with Crippen LogP contribution >= 0.6 is 0 Å². The van der Waals surface area contributed by atoms with E-state index in [4.69, 9.17) is 0 Å². The maximum Gasteiger partial charge on any atom is 0.217 e. The molecule has 1 saturated heterocycles. The summed E-state index contributed by atoms with van der Waals surface area (Å²) < 4.78 is 25.7. The number of hydrogen-bond donors (Lipinski definition) is 1. The van der Waals surface area contributed by atoms with Gasteiger partial charge in [0, 0.05) is 25.7 Å². The summed E-state index contributed by atoms with van der Waals surface area (Å²) in [6.07, 6.45) is 2.01. The van der Waals surface area contributed by atoms with Crippen LogP contribution in [0.2, 0.25) is 0 Å². The van der Waals surface area contributed by atoms with Crippen molar-refractivity contribution in [1.82, 2.24) is 9.62 Å². The fourth-order valence-corrected chi connectivity index (χ4v) is 3.29. The van der Waals surface area contributed by atoms with Crippen LogP contribution in [0.15, 0.2) is 0 Å². The zero-order chi connectivity index (χ0) is 11.5. The molecule has 0 aromatic carbocycles. The van der Waals surface area contributed by atoms with Crippen LogP contribution < -0.4 is 5.32 Å². The van der Waals surface area contributed by atoms with Crippen molar-refractivity contribution in [3.8, 4) is 0 Å². The average molecular weight is 234 g/mol. The monoisotopic (exact) mass is 234 g/mol.